The fourth-order valence-corrected chi connectivity index (χ4v) is 2.73. The van der Waals surface area contributed by atoms with Crippen LogP contribution in [0.5, 0.6) is 0 Å². The van der Waals surface area contributed by atoms with Crippen molar-refractivity contribution in [2.75, 3.05) is 24.2 Å². The molecule has 0 amide bonds. The first-order valence-corrected chi connectivity index (χ1v) is 6.29. The predicted molar refractivity (Wildman–Crippen MR) is 74.6 cm³/mol. The number of nitrogens with zero attached hydrogens (tertiary/aromatic N) is 3. The van der Waals surface area contributed by atoms with E-state index >= 15 is 0 Å². The molecule has 0 saturated carbocycles. The van der Waals surface area contributed by atoms with Crippen LogP contribution in [0.15, 0.2) is 24.4 Å². The highest BCUT2D eigenvalue weighted by atomic mass is 15.3. The van der Waals surface area contributed by atoms with Crippen LogP contribution >= 0.6 is 0 Å². The topological polar surface area (TPSA) is 47.1 Å². The van der Waals surface area contributed by atoms with Gasteiger partial charge in [-0.05, 0) is 18.4 Å². The van der Waals surface area contributed by atoms with Gasteiger partial charge in [-0.3, -0.25) is 4.68 Å². The van der Waals surface area contributed by atoms with Crippen LogP contribution in [0.3, 0.4) is 0 Å². The summed E-state index contributed by atoms with van der Waals surface area (Å²) in [6, 6.07) is 6.45. The van der Waals surface area contributed by atoms with Crippen LogP contribution < -0.4 is 10.6 Å². The average molecular weight is 242 g/mol. The normalized spacial score (nSPS) is 14.7. The van der Waals surface area contributed by atoms with Gasteiger partial charge in [0.05, 0.1) is 6.20 Å². The zero-order valence-electron chi connectivity index (χ0n) is 10.8. The third-order valence-electron chi connectivity index (χ3n) is 3.72. The van der Waals surface area contributed by atoms with Crippen LogP contribution in [-0.4, -0.2) is 23.4 Å². The Labute approximate surface area is 107 Å². The maximum Gasteiger partial charge on any atom is 0.129 e. The lowest BCUT2D eigenvalue weighted by Gasteiger charge is -2.29. The second kappa shape index (κ2) is 4.05. The van der Waals surface area contributed by atoms with Crippen LogP contribution in [0.2, 0.25) is 0 Å². The van der Waals surface area contributed by atoms with Gasteiger partial charge in [0.1, 0.15) is 5.82 Å². The van der Waals surface area contributed by atoms with E-state index in [9.17, 15) is 0 Å². The second-order valence-corrected chi connectivity index (χ2v) is 4.91. The highest BCUT2D eigenvalue weighted by Crippen LogP contribution is 2.38. The highest BCUT2D eigenvalue weighted by molar-refractivity contribution is 5.86. The van der Waals surface area contributed by atoms with Crippen LogP contribution in [0.4, 0.5) is 11.5 Å². The molecule has 1 aliphatic rings. The van der Waals surface area contributed by atoms with E-state index < -0.39 is 0 Å². The average Bonchev–Trinajstić information content (AvgIpc) is 2.70. The smallest absolute Gasteiger partial charge is 0.129 e. The number of rotatable bonds is 1. The molecule has 0 saturated heterocycles. The molecule has 2 N–H and O–H groups in total. The molecule has 2 heterocycles. The maximum atomic E-state index is 6.10. The van der Waals surface area contributed by atoms with E-state index in [-0.39, 0.29) is 0 Å². The molecule has 0 atom stereocenters. The van der Waals surface area contributed by atoms with E-state index in [1.54, 1.807) is 4.68 Å². The Bertz CT molecular complexity index is 585. The Morgan fingerprint density at radius 2 is 2.06 bits per heavy atom. The second-order valence-electron chi connectivity index (χ2n) is 4.91. The first-order valence-electron chi connectivity index (χ1n) is 6.29. The van der Waals surface area contributed by atoms with Crippen LogP contribution in [0.1, 0.15) is 12.0 Å². The molecule has 1 aromatic carbocycles. The third-order valence-corrected chi connectivity index (χ3v) is 3.72. The van der Waals surface area contributed by atoms with Crippen LogP contribution in [0, 0.1) is 0 Å². The number of anilines is 2. The van der Waals surface area contributed by atoms with Crippen molar-refractivity contribution in [3.8, 4) is 11.1 Å². The van der Waals surface area contributed by atoms with E-state index in [0.717, 1.165) is 24.3 Å². The highest BCUT2D eigenvalue weighted by Gasteiger charge is 2.20. The van der Waals surface area contributed by atoms with Crippen molar-refractivity contribution in [2.24, 2.45) is 7.05 Å². The van der Waals surface area contributed by atoms with Gasteiger partial charge in [0.25, 0.3) is 0 Å². The summed E-state index contributed by atoms with van der Waals surface area (Å²) in [5, 5.41) is 4.24. The fraction of sp³-hybridized carbons (Fsp3) is 0.357. The first kappa shape index (κ1) is 11.1. The molecule has 1 aromatic heterocycles. The van der Waals surface area contributed by atoms with Gasteiger partial charge in [0.2, 0.25) is 0 Å². The molecular formula is C14H18N4. The summed E-state index contributed by atoms with van der Waals surface area (Å²) in [5.41, 5.74) is 11.0. The molecule has 4 heteroatoms. The Hall–Kier alpha value is -1.97. The van der Waals surface area contributed by atoms with Crippen molar-refractivity contribution < 1.29 is 0 Å². The van der Waals surface area contributed by atoms with Gasteiger partial charge < -0.3 is 10.6 Å². The van der Waals surface area contributed by atoms with Gasteiger partial charge >= 0.3 is 0 Å². The number of para-hydroxylation sites is 1. The number of nitrogen functional groups attached to an aromatic ring is 1. The number of aromatic nitrogens is 2. The minimum Gasteiger partial charge on any atom is -0.383 e. The van der Waals surface area contributed by atoms with Gasteiger partial charge in [0.15, 0.2) is 0 Å². The predicted octanol–water partition coefficient (Wildman–Crippen LogP) is 2.05. The van der Waals surface area contributed by atoms with Crippen molar-refractivity contribution in [2.45, 2.75) is 12.8 Å². The third kappa shape index (κ3) is 1.56. The minimum absolute atomic E-state index is 0.724. The Morgan fingerprint density at radius 3 is 2.78 bits per heavy atom. The number of benzene rings is 1. The largest absolute Gasteiger partial charge is 0.383 e. The fourth-order valence-electron chi connectivity index (χ4n) is 2.73. The summed E-state index contributed by atoms with van der Waals surface area (Å²) < 4.78 is 1.72. The van der Waals surface area contributed by atoms with Crippen molar-refractivity contribution in [3.05, 3.63) is 30.0 Å². The SMILES string of the molecule is CN1CCCc2cccc(-c3cnn(C)c3N)c21. The van der Waals surface area contributed by atoms with E-state index in [1.165, 1.54) is 23.2 Å². The quantitative estimate of drug-likeness (QED) is 0.832. The summed E-state index contributed by atoms with van der Waals surface area (Å²) in [6.45, 7) is 1.10. The first-order chi connectivity index (χ1) is 8.68. The molecule has 0 aliphatic carbocycles. The molecule has 3 rings (SSSR count). The lowest BCUT2D eigenvalue weighted by molar-refractivity contribution is 0.745. The molecule has 4 nitrogen and oxygen atoms in total. The van der Waals surface area contributed by atoms with Gasteiger partial charge in [-0.1, -0.05) is 18.2 Å². The van der Waals surface area contributed by atoms with Crippen molar-refractivity contribution in [1.29, 1.82) is 0 Å². The van der Waals surface area contributed by atoms with Crippen molar-refractivity contribution >= 4 is 11.5 Å². The van der Waals surface area contributed by atoms with E-state index in [2.05, 4.69) is 35.2 Å². The Balaban J connectivity index is 2.21. The Kier molecular flexibility index (Phi) is 2.51. The molecule has 2 aromatic rings. The van der Waals surface area contributed by atoms with E-state index in [0.29, 0.717) is 0 Å². The van der Waals surface area contributed by atoms with Gasteiger partial charge in [-0.15, -0.1) is 0 Å². The van der Waals surface area contributed by atoms with Crippen LogP contribution in [-0.2, 0) is 13.5 Å². The molecular weight excluding hydrogens is 224 g/mol. The van der Waals surface area contributed by atoms with Crippen LogP contribution in [0.25, 0.3) is 11.1 Å². The lowest BCUT2D eigenvalue weighted by atomic mass is 9.95. The summed E-state index contributed by atoms with van der Waals surface area (Å²) in [5.74, 6) is 0.724. The molecule has 0 bridgehead atoms. The van der Waals surface area contributed by atoms with Crippen molar-refractivity contribution in [3.63, 3.8) is 0 Å². The van der Waals surface area contributed by atoms with Crippen molar-refractivity contribution in [1.82, 2.24) is 9.78 Å². The molecule has 94 valence electrons. The molecule has 0 spiro atoms. The zero-order chi connectivity index (χ0) is 12.7. The summed E-state index contributed by atoms with van der Waals surface area (Å²) in [4.78, 5) is 2.32. The van der Waals surface area contributed by atoms with Gasteiger partial charge in [-0.2, -0.15) is 5.10 Å². The van der Waals surface area contributed by atoms with E-state index in [1.807, 2.05) is 13.2 Å². The summed E-state index contributed by atoms with van der Waals surface area (Å²) in [7, 11) is 4.02. The minimum atomic E-state index is 0.724. The van der Waals surface area contributed by atoms with Gasteiger partial charge in [-0.25, -0.2) is 0 Å². The number of aryl methyl sites for hydroxylation is 2. The van der Waals surface area contributed by atoms with Gasteiger partial charge in [0, 0.05) is 37.5 Å². The molecule has 0 fully saturated rings. The standard InChI is InChI=1S/C14H18N4/c1-17-8-4-6-10-5-3-7-11(13(10)17)12-9-16-18(2)14(12)15/h3,5,7,9H,4,6,8,15H2,1-2H3. The number of fused-ring (bicyclic) bond motifs is 1. The number of hydrogen-bond acceptors (Lipinski definition) is 3. The summed E-state index contributed by atoms with van der Waals surface area (Å²) >= 11 is 0. The number of hydrogen-bond donors (Lipinski definition) is 1. The number of nitrogens with two attached hydrogens (primary N) is 1. The maximum absolute atomic E-state index is 6.10. The van der Waals surface area contributed by atoms with E-state index in [4.69, 9.17) is 5.73 Å². The molecule has 1 aliphatic heterocycles. The molecule has 0 radical (unpaired) electrons. The molecule has 18 heavy (non-hydrogen) atoms. The lowest BCUT2D eigenvalue weighted by Crippen LogP contribution is -2.25. The summed E-state index contributed by atoms with van der Waals surface area (Å²) in [6.07, 6.45) is 4.22. The zero-order valence-corrected chi connectivity index (χ0v) is 10.8. The Morgan fingerprint density at radius 1 is 1.22 bits per heavy atom. The monoisotopic (exact) mass is 242 g/mol. The molecule has 0 unspecified atom stereocenters.